The lowest BCUT2D eigenvalue weighted by molar-refractivity contribution is 0.0801. The molecule has 8 heteroatoms. The van der Waals surface area contributed by atoms with E-state index < -0.39 is 11.9 Å². The van der Waals surface area contributed by atoms with E-state index in [0.717, 1.165) is 0 Å². The van der Waals surface area contributed by atoms with E-state index in [2.05, 4.69) is 15.1 Å². The Morgan fingerprint density at radius 3 is 3.17 bits per heavy atom. The molecule has 1 atom stereocenters. The number of aryl methyl sites for hydroxylation is 1. The number of morpholine rings is 1. The van der Waals surface area contributed by atoms with Gasteiger partial charge in [-0.2, -0.15) is 0 Å². The molecule has 1 aromatic heterocycles. The summed E-state index contributed by atoms with van der Waals surface area (Å²) in [7, 11) is 0. The number of oxime groups is 1. The van der Waals surface area contributed by atoms with Crippen molar-refractivity contribution >= 4 is 11.7 Å². The van der Waals surface area contributed by atoms with Crippen molar-refractivity contribution in [3.8, 4) is 0 Å². The molecule has 3 N–H and O–H groups in total. The Balaban J connectivity index is 2.21. The molecule has 0 spiro atoms. The van der Waals surface area contributed by atoms with Gasteiger partial charge in [-0.05, 0) is 6.92 Å². The maximum atomic E-state index is 13.9. The Labute approximate surface area is 103 Å². The first-order chi connectivity index (χ1) is 8.63. The molecule has 1 unspecified atom stereocenters. The molecule has 1 saturated heterocycles. The van der Waals surface area contributed by atoms with Crippen LogP contribution in [0.3, 0.4) is 0 Å². The predicted octanol–water partition coefficient (Wildman–Crippen LogP) is -0.124. The molecule has 0 aromatic carbocycles. The number of aromatic nitrogens is 2. The molecule has 0 bridgehead atoms. The Morgan fingerprint density at radius 2 is 2.44 bits per heavy atom. The third kappa shape index (κ3) is 2.33. The maximum absolute atomic E-state index is 13.9. The highest BCUT2D eigenvalue weighted by Crippen LogP contribution is 2.19. The van der Waals surface area contributed by atoms with Gasteiger partial charge in [-0.25, -0.2) is 14.4 Å². The molecule has 1 aromatic rings. The fraction of sp³-hybridized carbons (Fsp3) is 0.500. The Kier molecular flexibility index (Phi) is 3.56. The van der Waals surface area contributed by atoms with E-state index in [1.165, 1.54) is 6.33 Å². The summed E-state index contributed by atoms with van der Waals surface area (Å²) < 4.78 is 19.2. The molecule has 1 fully saturated rings. The molecule has 98 valence electrons. The second-order valence-corrected chi connectivity index (χ2v) is 3.93. The summed E-state index contributed by atoms with van der Waals surface area (Å²) >= 11 is 0. The lowest BCUT2D eigenvalue weighted by Gasteiger charge is -2.33. The second-order valence-electron chi connectivity index (χ2n) is 3.93. The van der Waals surface area contributed by atoms with Gasteiger partial charge in [-0.3, -0.25) is 0 Å². The van der Waals surface area contributed by atoms with Gasteiger partial charge >= 0.3 is 0 Å². The summed E-state index contributed by atoms with van der Waals surface area (Å²) in [6, 6.07) is 0. The van der Waals surface area contributed by atoms with Crippen LogP contribution in [0, 0.1) is 12.7 Å². The molecule has 1 aliphatic rings. The van der Waals surface area contributed by atoms with Gasteiger partial charge in [0.2, 0.25) is 0 Å². The average molecular weight is 255 g/mol. The zero-order valence-electron chi connectivity index (χ0n) is 9.88. The number of hydrogen-bond donors (Lipinski definition) is 2. The minimum absolute atomic E-state index is 0.0362. The number of anilines is 1. The maximum Gasteiger partial charge on any atom is 0.186 e. The summed E-state index contributed by atoms with van der Waals surface area (Å²) in [6.45, 7) is 2.69. The molecular weight excluding hydrogens is 241 g/mol. The van der Waals surface area contributed by atoms with Gasteiger partial charge in [0.25, 0.3) is 0 Å². The van der Waals surface area contributed by atoms with E-state index in [-0.39, 0.29) is 23.9 Å². The van der Waals surface area contributed by atoms with Crippen molar-refractivity contribution in [3.05, 3.63) is 17.8 Å². The first kappa shape index (κ1) is 12.5. The minimum atomic E-state index is -0.571. The molecule has 7 nitrogen and oxygen atoms in total. The van der Waals surface area contributed by atoms with Crippen LogP contribution < -0.4 is 10.6 Å². The summed E-state index contributed by atoms with van der Waals surface area (Å²) in [5, 5.41) is 11.5. The fourth-order valence-corrected chi connectivity index (χ4v) is 1.75. The topological polar surface area (TPSA) is 96.9 Å². The van der Waals surface area contributed by atoms with Crippen LogP contribution in [0.5, 0.6) is 0 Å². The standard InChI is InChI=1S/C10H14FN5O2/c1-6-8(11)10(14-5-13-6)16-2-3-18-7(4-16)9(12)15-17/h5,7,17H,2-4H2,1H3,(H2,12,15). The number of nitrogens with zero attached hydrogens (tertiary/aromatic N) is 4. The molecule has 0 amide bonds. The summed E-state index contributed by atoms with van der Waals surface area (Å²) in [5.74, 6) is -0.287. The number of halogens is 1. The smallest absolute Gasteiger partial charge is 0.186 e. The summed E-state index contributed by atoms with van der Waals surface area (Å²) in [6.07, 6.45) is 0.736. The zero-order valence-corrected chi connectivity index (χ0v) is 9.88. The monoisotopic (exact) mass is 255 g/mol. The van der Waals surface area contributed by atoms with E-state index in [4.69, 9.17) is 15.7 Å². The van der Waals surface area contributed by atoms with E-state index in [1.807, 2.05) is 0 Å². The van der Waals surface area contributed by atoms with Gasteiger partial charge in [0.15, 0.2) is 17.5 Å². The van der Waals surface area contributed by atoms with E-state index >= 15 is 0 Å². The van der Waals surface area contributed by atoms with Crippen LogP contribution in [-0.4, -0.2) is 46.8 Å². The van der Waals surface area contributed by atoms with Gasteiger partial charge in [0, 0.05) is 6.54 Å². The number of hydrogen-bond acceptors (Lipinski definition) is 6. The van der Waals surface area contributed by atoms with Gasteiger partial charge < -0.3 is 20.6 Å². The highest BCUT2D eigenvalue weighted by molar-refractivity contribution is 5.85. The van der Waals surface area contributed by atoms with Crippen molar-refractivity contribution in [2.75, 3.05) is 24.6 Å². The van der Waals surface area contributed by atoms with Gasteiger partial charge in [-0.1, -0.05) is 5.16 Å². The third-order valence-corrected chi connectivity index (χ3v) is 2.76. The molecule has 2 heterocycles. The summed E-state index contributed by atoms with van der Waals surface area (Å²) in [5.41, 5.74) is 5.76. The number of nitrogens with two attached hydrogens (primary N) is 1. The number of rotatable bonds is 2. The number of ether oxygens (including phenoxy) is 1. The SMILES string of the molecule is Cc1ncnc(N2CCOC(C(N)=NO)C2)c1F. The van der Waals surface area contributed by atoms with Gasteiger partial charge in [0.1, 0.15) is 12.4 Å². The predicted molar refractivity (Wildman–Crippen MR) is 62.1 cm³/mol. The quantitative estimate of drug-likeness (QED) is 0.331. The van der Waals surface area contributed by atoms with Crippen LogP contribution in [0.15, 0.2) is 11.5 Å². The van der Waals surface area contributed by atoms with E-state index in [0.29, 0.717) is 13.2 Å². The highest BCUT2D eigenvalue weighted by atomic mass is 19.1. The zero-order chi connectivity index (χ0) is 13.1. The van der Waals surface area contributed by atoms with Crippen LogP contribution in [0.2, 0.25) is 0 Å². The van der Waals surface area contributed by atoms with Crippen molar-refractivity contribution in [1.82, 2.24) is 9.97 Å². The number of amidine groups is 1. The Morgan fingerprint density at radius 1 is 1.67 bits per heavy atom. The molecule has 0 aliphatic carbocycles. The van der Waals surface area contributed by atoms with Crippen LogP contribution in [0.4, 0.5) is 10.2 Å². The first-order valence-corrected chi connectivity index (χ1v) is 5.44. The van der Waals surface area contributed by atoms with Crippen LogP contribution in [0.25, 0.3) is 0 Å². The highest BCUT2D eigenvalue weighted by Gasteiger charge is 2.26. The molecule has 2 rings (SSSR count). The molecule has 0 radical (unpaired) electrons. The third-order valence-electron chi connectivity index (χ3n) is 2.76. The van der Waals surface area contributed by atoms with E-state index in [9.17, 15) is 4.39 Å². The van der Waals surface area contributed by atoms with Crippen LogP contribution in [0.1, 0.15) is 5.69 Å². The van der Waals surface area contributed by atoms with E-state index in [1.54, 1.807) is 11.8 Å². The Hall–Kier alpha value is -1.96. The van der Waals surface area contributed by atoms with Crippen molar-refractivity contribution in [1.29, 1.82) is 0 Å². The lowest BCUT2D eigenvalue weighted by Crippen LogP contribution is -2.49. The molecule has 1 aliphatic heterocycles. The second kappa shape index (κ2) is 5.13. The van der Waals surface area contributed by atoms with Crippen molar-refractivity contribution < 1.29 is 14.3 Å². The molecule has 0 saturated carbocycles. The summed E-state index contributed by atoms with van der Waals surface area (Å²) in [4.78, 5) is 9.39. The minimum Gasteiger partial charge on any atom is -0.409 e. The largest absolute Gasteiger partial charge is 0.409 e. The fourth-order valence-electron chi connectivity index (χ4n) is 1.75. The Bertz CT molecular complexity index is 468. The van der Waals surface area contributed by atoms with Crippen LogP contribution >= 0.6 is 0 Å². The van der Waals surface area contributed by atoms with Gasteiger partial charge in [0.05, 0.1) is 18.8 Å². The first-order valence-electron chi connectivity index (χ1n) is 5.44. The van der Waals surface area contributed by atoms with Crippen molar-refractivity contribution in [3.63, 3.8) is 0 Å². The van der Waals surface area contributed by atoms with Crippen LogP contribution in [-0.2, 0) is 4.74 Å². The van der Waals surface area contributed by atoms with Crippen molar-refractivity contribution in [2.24, 2.45) is 10.9 Å². The molecule has 18 heavy (non-hydrogen) atoms. The normalized spacial score (nSPS) is 21.1. The van der Waals surface area contributed by atoms with Crippen molar-refractivity contribution in [2.45, 2.75) is 13.0 Å². The average Bonchev–Trinajstić information content (AvgIpc) is 2.41. The lowest BCUT2D eigenvalue weighted by atomic mass is 10.2. The molecular formula is C10H14FN5O2. The van der Waals surface area contributed by atoms with Gasteiger partial charge in [-0.15, -0.1) is 0 Å².